The molecule has 2 heterocycles. The molecule has 0 spiro atoms. The number of nitrogens with one attached hydrogen (secondary N) is 2. The highest BCUT2D eigenvalue weighted by Gasteiger charge is 2.27. The van der Waals surface area contributed by atoms with E-state index in [1.807, 2.05) is 24.3 Å². The molecule has 1 aliphatic rings. The first kappa shape index (κ1) is 19.8. The van der Waals surface area contributed by atoms with Gasteiger partial charge < -0.3 is 24.7 Å². The van der Waals surface area contributed by atoms with E-state index in [2.05, 4.69) is 20.5 Å². The highest BCUT2D eigenvalue weighted by Crippen LogP contribution is 2.30. The quantitative estimate of drug-likeness (QED) is 0.669. The van der Waals surface area contributed by atoms with Crippen molar-refractivity contribution in [3.05, 3.63) is 42.5 Å². The Morgan fingerprint density at radius 2 is 1.90 bits per heavy atom. The van der Waals surface area contributed by atoms with E-state index in [9.17, 15) is 9.59 Å². The number of anilines is 3. The van der Waals surface area contributed by atoms with E-state index < -0.39 is 0 Å². The minimum atomic E-state index is -0.177. The summed E-state index contributed by atoms with van der Waals surface area (Å²) in [6.07, 6.45) is 1.39. The minimum absolute atomic E-state index is 0.0644. The monoisotopic (exact) mass is 408 g/mol. The molecule has 2 N–H and O–H groups in total. The van der Waals surface area contributed by atoms with E-state index in [0.717, 1.165) is 11.1 Å². The molecular formula is C22H24N4O4. The Hall–Kier alpha value is -3.55. The first-order chi connectivity index (χ1) is 14.5. The number of aromatic nitrogens is 1. The average Bonchev–Trinajstić information content (AvgIpc) is 3.18. The van der Waals surface area contributed by atoms with E-state index in [-0.39, 0.29) is 17.7 Å². The third kappa shape index (κ3) is 4.22. The molecule has 1 saturated heterocycles. The van der Waals surface area contributed by atoms with E-state index in [1.54, 1.807) is 25.3 Å². The van der Waals surface area contributed by atoms with Crippen molar-refractivity contribution >= 4 is 40.3 Å². The Labute approximate surface area is 174 Å². The van der Waals surface area contributed by atoms with Gasteiger partial charge in [-0.1, -0.05) is 12.1 Å². The summed E-state index contributed by atoms with van der Waals surface area (Å²) in [7, 11) is 1.54. The van der Waals surface area contributed by atoms with Crippen molar-refractivity contribution in [2.45, 2.75) is 19.8 Å². The first-order valence-corrected chi connectivity index (χ1v) is 9.90. The molecule has 8 nitrogen and oxygen atoms in total. The van der Waals surface area contributed by atoms with Gasteiger partial charge in [-0.05, 0) is 43.2 Å². The van der Waals surface area contributed by atoms with Crippen molar-refractivity contribution in [3.8, 4) is 5.75 Å². The molecule has 1 aliphatic heterocycles. The van der Waals surface area contributed by atoms with Crippen molar-refractivity contribution in [1.82, 2.24) is 4.98 Å². The van der Waals surface area contributed by atoms with Crippen molar-refractivity contribution < 1.29 is 18.7 Å². The Morgan fingerprint density at radius 3 is 2.60 bits per heavy atom. The average molecular weight is 408 g/mol. The number of methoxy groups -OCH3 is 1. The molecular weight excluding hydrogens is 384 g/mol. The van der Waals surface area contributed by atoms with Gasteiger partial charge in [-0.2, -0.15) is 4.98 Å². The van der Waals surface area contributed by atoms with Crippen molar-refractivity contribution in [2.75, 3.05) is 35.7 Å². The number of fused-ring (bicyclic) bond motifs is 1. The molecule has 2 amide bonds. The summed E-state index contributed by atoms with van der Waals surface area (Å²) in [6.45, 7) is 2.81. The van der Waals surface area contributed by atoms with Crippen LogP contribution in [0.3, 0.4) is 0 Å². The molecule has 3 aromatic rings. The van der Waals surface area contributed by atoms with Gasteiger partial charge in [-0.25, -0.2) is 0 Å². The molecule has 0 bridgehead atoms. The van der Waals surface area contributed by atoms with Gasteiger partial charge in [0.1, 0.15) is 11.3 Å². The summed E-state index contributed by atoms with van der Waals surface area (Å²) < 4.78 is 11.2. The number of carbonyl (C=O) groups is 2. The zero-order valence-electron chi connectivity index (χ0n) is 17.0. The third-order valence-electron chi connectivity index (χ3n) is 5.20. The zero-order chi connectivity index (χ0) is 21.1. The lowest BCUT2D eigenvalue weighted by Gasteiger charge is -2.30. The van der Waals surface area contributed by atoms with Gasteiger partial charge in [0, 0.05) is 31.6 Å². The van der Waals surface area contributed by atoms with Gasteiger partial charge in [0.2, 0.25) is 11.8 Å². The van der Waals surface area contributed by atoms with Crippen LogP contribution in [0, 0.1) is 5.92 Å². The van der Waals surface area contributed by atoms with E-state index in [0.29, 0.717) is 49.1 Å². The second-order valence-electron chi connectivity index (χ2n) is 7.31. The first-order valence-electron chi connectivity index (χ1n) is 9.90. The number of carbonyl (C=O) groups excluding carboxylic acids is 2. The van der Waals surface area contributed by atoms with Gasteiger partial charge in [0.25, 0.3) is 6.01 Å². The normalized spacial score (nSPS) is 14.5. The SMILES string of the molecule is COc1ccc(NC(C)=O)cc1NC(=O)C1CCN(c2nc3ccccc3o2)CC1. The van der Waals surface area contributed by atoms with Crippen molar-refractivity contribution in [3.63, 3.8) is 0 Å². The largest absolute Gasteiger partial charge is 0.495 e. The molecule has 1 aromatic heterocycles. The number of hydrogen-bond acceptors (Lipinski definition) is 6. The highest BCUT2D eigenvalue weighted by molar-refractivity contribution is 5.96. The Morgan fingerprint density at radius 1 is 1.13 bits per heavy atom. The lowest BCUT2D eigenvalue weighted by atomic mass is 9.96. The number of hydrogen-bond donors (Lipinski definition) is 2. The van der Waals surface area contributed by atoms with Gasteiger partial charge in [0.05, 0.1) is 12.8 Å². The summed E-state index contributed by atoms with van der Waals surface area (Å²) in [4.78, 5) is 30.8. The van der Waals surface area contributed by atoms with Gasteiger partial charge >= 0.3 is 0 Å². The summed E-state index contributed by atoms with van der Waals surface area (Å²) in [5, 5.41) is 5.66. The highest BCUT2D eigenvalue weighted by atomic mass is 16.5. The lowest BCUT2D eigenvalue weighted by molar-refractivity contribution is -0.120. The summed E-state index contributed by atoms with van der Waals surface area (Å²) in [6, 6.07) is 13.4. The van der Waals surface area contributed by atoms with Crippen LogP contribution in [0.5, 0.6) is 5.75 Å². The number of nitrogens with zero attached hydrogens (tertiary/aromatic N) is 2. The fourth-order valence-corrected chi connectivity index (χ4v) is 3.65. The van der Waals surface area contributed by atoms with Crippen molar-refractivity contribution in [2.24, 2.45) is 5.92 Å². The molecule has 0 aliphatic carbocycles. The number of oxazole rings is 1. The smallest absolute Gasteiger partial charge is 0.298 e. The topological polar surface area (TPSA) is 96.7 Å². The Kier molecular flexibility index (Phi) is 5.56. The van der Waals surface area contributed by atoms with Crippen LogP contribution in [0.15, 0.2) is 46.9 Å². The van der Waals surface area contributed by atoms with Crippen LogP contribution in [-0.2, 0) is 9.59 Å². The predicted octanol–water partition coefficient (Wildman–Crippen LogP) is 3.65. The van der Waals surface area contributed by atoms with Crippen LogP contribution >= 0.6 is 0 Å². The number of amides is 2. The summed E-state index contributed by atoms with van der Waals surface area (Å²) in [5.41, 5.74) is 2.73. The van der Waals surface area contributed by atoms with Crippen LogP contribution in [0.25, 0.3) is 11.1 Å². The lowest BCUT2D eigenvalue weighted by Crippen LogP contribution is -2.38. The van der Waals surface area contributed by atoms with Crippen LogP contribution < -0.4 is 20.3 Å². The molecule has 0 unspecified atom stereocenters. The number of rotatable bonds is 5. The fourth-order valence-electron chi connectivity index (χ4n) is 3.65. The molecule has 156 valence electrons. The van der Waals surface area contributed by atoms with Crippen LogP contribution in [0.4, 0.5) is 17.4 Å². The maximum atomic E-state index is 12.8. The maximum absolute atomic E-state index is 12.8. The molecule has 1 fully saturated rings. The van der Waals surface area contributed by atoms with E-state index in [1.165, 1.54) is 6.92 Å². The minimum Gasteiger partial charge on any atom is -0.495 e. The second-order valence-corrected chi connectivity index (χ2v) is 7.31. The molecule has 4 rings (SSSR count). The van der Waals surface area contributed by atoms with Crippen molar-refractivity contribution in [1.29, 1.82) is 0 Å². The predicted molar refractivity (Wildman–Crippen MR) is 115 cm³/mol. The molecule has 30 heavy (non-hydrogen) atoms. The Bertz CT molecular complexity index is 1040. The number of piperidine rings is 1. The maximum Gasteiger partial charge on any atom is 0.298 e. The zero-order valence-corrected chi connectivity index (χ0v) is 17.0. The third-order valence-corrected chi connectivity index (χ3v) is 5.20. The molecule has 0 atom stereocenters. The van der Waals surface area contributed by atoms with E-state index in [4.69, 9.17) is 9.15 Å². The molecule has 0 radical (unpaired) electrons. The van der Waals surface area contributed by atoms with E-state index >= 15 is 0 Å². The van der Waals surface area contributed by atoms with Crippen LogP contribution in [0.1, 0.15) is 19.8 Å². The van der Waals surface area contributed by atoms with Crippen LogP contribution in [0.2, 0.25) is 0 Å². The summed E-state index contributed by atoms with van der Waals surface area (Å²) in [5.74, 6) is 0.177. The molecule has 0 saturated carbocycles. The summed E-state index contributed by atoms with van der Waals surface area (Å²) >= 11 is 0. The Balaban J connectivity index is 1.40. The number of para-hydroxylation sites is 2. The standard InChI is InChI=1S/C22H24N4O4/c1-14(27)23-16-7-8-19(29-2)18(13-16)24-21(28)15-9-11-26(12-10-15)22-25-17-5-3-4-6-20(17)30-22/h3-8,13,15H,9-12H2,1-2H3,(H,23,27)(H,24,28). The second kappa shape index (κ2) is 8.44. The van der Waals surface area contributed by atoms with Gasteiger partial charge in [-0.15, -0.1) is 0 Å². The van der Waals surface area contributed by atoms with Crippen LogP contribution in [-0.4, -0.2) is 37.0 Å². The van der Waals surface area contributed by atoms with Gasteiger partial charge in [-0.3, -0.25) is 9.59 Å². The number of benzene rings is 2. The molecule has 2 aromatic carbocycles. The number of ether oxygens (including phenoxy) is 1. The van der Waals surface area contributed by atoms with Gasteiger partial charge in [0.15, 0.2) is 5.58 Å². The fraction of sp³-hybridized carbons (Fsp3) is 0.318. The molecule has 8 heteroatoms.